The molecule has 168 valence electrons. The zero-order valence-corrected chi connectivity index (χ0v) is 18.9. The van der Waals surface area contributed by atoms with Gasteiger partial charge in [-0.1, -0.05) is 24.3 Å². The third-order valence-corrected chi connectivity index (χ3v) is 4.94. The molecule has 0 unspecified atom stereocenters. The predicted octanol–water partition coefficient (Wildman–Crippen LogP) is 3.07. The van der Waals surface area contributed by atoms with Gasteiger partial charge in [0.1, 0.15) is 0 Å². The van der Waals surface area contributed by atoms with Crippen LogP contribution in [0, 0.1) is 0 Å². The number of para-hydroxylation sites is 1. The van der Waals surface area contributed by atoms with E-state index in [-0.39, 0.29) is 19.1 Å². The molecule has 32 heavy (non-hydrogen) atoms. The lowest BCUT2D eigenvalue weighted by molar-refractivity contribution is -0.145. The Labute approximate surface area is 191 Å². The van der Waals surface area contributed by atoms with Gasteiger partial charge in [-0.2, -0.15) is 0 Å². The highest BCUT2D eigenvalue weighted by Crippen LogP contribution is 2.34. The summed E-state index contributed by atoms with van der Waals surface area (Å²) in [6.07, 6.45) is 0. The van der Waals surface area contributed by atoms with Crippen LogP contribution in [0.1, 0.15) is 25.5 Å². The van der Waals surface area contributed by atoms with Crippen LogP contribution in [0.15, 0.2) is 59.8 Å². The summed E-state index contributed by atoms with van der Waals surface area (Å²) in [5.41, 5.74) is 2.57. The quantitative estimate of drug-likeness (QED) is 0.413. The number of nitrogens with one attached hydrogen (secondary N) is 3. The molecule has 8 nitrogen and oxygen atoms in total. The summed E-state index contributed by atoms with van der Waals surface area (Å²) in [4.78, 5) is 24.7. The molecule has 0 aromatic heterocycles. The number of thiocarbonyl (C=S) groups is 1. The molecule has 2 aromatic rings. The molecular formula is C23H25N3O5S. The van der Waals surface area contributed by atoms with E-state index in [0.29, 0.717) is 33.6 Å². The fourth-order valence-corrected chi connectivity index (χ4v) is 3.56. The van der Waals surface area contributed by atoms with E-state index in [1.165, 1.54) is 7.11 Å². The van der Waals surface area contributed by atoms with E-state index in [1.807, 2.05) is 30.3 Å². The maximum absolute atomic E-state index is 13.1. The molecule has 0 radical (unpaired) electrons. The van der Waals surface area contributed by atoms with Crippen molar-refractivity contribution < 1.29 is 23.8 Å². The first kappa shape index (κ1) is 23.1. The van der Waals surface area contributed by atoms with Crippen molar-refractivity contribution in [2.75, 3.05) is 25.6 Å². The minimum Gasteiger partial charge on any atom is -0.493 e. The van der Waals surface area contributed by atoms with Gasteiger partial charge in [-0.05, 0) is 55.9 Å². The van der Waals surface area contributed by atoms with Crippen molar-refractivity contribution in [2.24, 2.45) is 0 Å². The van der Waals surface area contributed by atoms with Crippen molar-refractivity contribution >= 4 is 34.9 Å². The zero-order chi connectivity index (χ0) is 23.1. The minimum absolute atomic E-state index is 0.233. The lowest BCUT2D eigenvalue weighted by Gasteiger charge is -2.30. The first-order valence-electron chi connectivity index (χ1n) is 10.0. The molecular weight excluding hydrogens is 430 g/mol. The lowest BCUT2D eigenvalue weighted by atomic mass is 9.94. The van der Waals surface area contributed by atoms with E-state index in [9.17, 15) is 9.59 Å². The second-order valence-corrected chi connectivity index (χ2v) is 7.30. The number of anilines is 1. The number of esters is 1. The molecule has 9 heteroatoms. The zero-order valence-electron chi connectivity index (χ0n) is 18.1. The van der Waals surface area contributed by atoms with E-state index >= 15 is 0 Å². The smallest absolute Gasteiger partial charge is 0.344 e. The summed E-state index contributed by atoms with van der Waals surface area (Å²) < 4.78 is 15.9. The number of allylic oxidation sites excluding steroid dienone is 1. The van der Waals surface area contributed by atoms with Gasteiger partial charge in [0.05, 0.1) is 25.3 Å². The molecule has 2 aromatic carbocycles. The Morgan fingerprint density at radius 2 is 1.88 bits per heavy atom. The molecule has 0 spiro atoms. The highest BCUT2D eigenvalue weighted by atomic mass is 32.1. The van der Waals surface area contributed by atoms with Crippen LogP contribution in [0.25, 0.3) is 0 Å². The van der Waals surface area contributed by atoms with Crippen molar-refractivity contribution in [1.82, 2.24) is 10.6 Å². The molecule has 1 heterocycles. The molecule has 3 N–H and O–H groups in total. The standard InChI is InChI=1S/C23H25N3O5S/c1-4-30-19(27)13-31-17-11-10-15(12-18(17)29-3)21-20(14(2)24-23(32)26-21)22(28)25-16-8-6-5-7-9-16/h5-12,21H,4,13H2,1-3H3,(H,25,28)(H2,24,26,32)/t21-/m0/s1. The van der Waals surface area contributed by atoms with Gasteiger partial charge in [0.25, 0.3) is 5.91 Å². The van der Waals surface area contributed by atoms with Gasteiger partial charge in [-0.15, -0.1) is 0 Å². The van der Waals surface area contributed by atoms with Gasteiger partial charge < -0.3 is 30.2 Å². The number of carbonyl (C=O) groups excluding carboxylic acids is 2. The van der Waals surface area contributed by atoms with Crippen molar-refractivity contribution in [3.8, 4) is 11.5 Å². The van der Waals surface area contributed by atoms with Crippen LogP contribution < -0.4 is 25.4 Å². The largest absolute Gasteiger partial charge is 0.493 e. The number of hydrogen-bond acceptors (Lipinski definition) is 6. The lowest BCUT2D eigenvalue weighted by Crippen LogP contribution is -2.45. The summed E-state index contributed by atoms with van der Waals surface area (Å²) in [5, 5.41) is 9.48. The monoisotopic (exact) mass is 455 g/mol. The molecule has 0 saturated heterocycles. The third kappa shape index (κ3) is 5.55. The van der Waals surface area contributed by atoms with E-state index in [4.69, 9.17) is 26.4 Å². The van der Waals surface area contributed by atoms with E-state index < -0.39 is 12.0 Å². The molecule has 0 fully saturated rings. The average Bonchev–Trinajstić information content (AvgIpc) is 2.77. The van der Waals surface area contributed by atoms with Crippen LogP contribution in [-0.4, -0.2) is 37.3 Å². The van der Waals surface area contributed by atoms with Gasteiger partial charge in [0, 0.05) is 11.4 Å². The number of hydrogen-bond donors (Lipinski definition) is 3. The topological polar surface area (TPSA) is 97.9 Å². The minimum atomic E-state index is -0.513. The number of rotatable bonds is 8. The highest BCUT2D eigenvalue weighted by Gasteiger charge is 2.30. The van der Waals surface area contributed by atoms with Gasteiger partial charge in [0.15, 0.2) is 23.2 Å². The molecule has 1 amide bonds. The van der Waals surface area contributed by atoms with Gasteiger partial charge >= 0.3 is 5.97 Å². The summed E-state index contributed by atoms with van der Waals surface area (Å²) in [6.45, 7) is 3.57. The van der Waals surface area contributed by atoms with Crippen LogP contribution in [0.4, 0.5) is 5.69 Å². The van der Waals surface area contributed by atoms with Crippen LogP contribution in [0.2, 0.25) is 0 Å². The Morgan fingerprint density at radius 1 is 1.12 bits per heavy atom. The van der Waals surface area contributed by atoms with Crippen molar-refractivity contribution in [2.45, 2.75) is 19.9 Å². The molecule has 0 bridgehead atoms. The van der Waals surface area contributed by atoms with E-state index in [2.05, 4.69) is 16.0 Å². The predicted molar refractivity (Wildman–Crippen MR) is 125 cm³/mol. The first-order chi connectivity index (χ1) is 15.4. The molecule has 1 aliphatic rings. The Bertz CT molecular complexity index is 1040. The third-order valence-electron chi connectivity index (χ3n) is 4.72. The maximum Gasteiger partial charge on any atom is 0.344 e. The number of ether oxygens (including phenoxy) is 3. The maximum atomic E-state index is 13.1. The molecule has 1 aliphatic heterocycles. The Kier molecular flexibility index (Phi) is 7.67. The summed E-state index contributed by atoms with van der Waals surface area (Å²) in [6, 6.07) is 13.9. The highest BCUT2D eigenvalue weighted by molar-refractivity contribution is 7.80. The number of benzene rings is 2. The summed E-state index contributed by atoms with van der Waals surface area (Å²) in [7, 11) is 1.50. The number of amides is 1. The molecule has 0 aliphatic carbocycles. The van der Waals surface area contributed by atoms with Gasteiger partial charge in [-0.25, -0.2) is 4.79 Å². The van der Waals surface area contributed by atoms with Crippen molar-refractivity contribution in [3.05, 3.63) is 65.4 Å². The van der Waals surface area contributed by atoms with E-state index in [0.717, 1.165) is 5.56 Å². The van der Waals surface area contributed by atoms with Crippen molar-refractivity contribution in [1.29, 1.82) is 0 Å². The van der Waals surface area contributed by atoms with Crippen LogP contribution in [-0.2, 0) is 14.3 Å². The average molecular weight is 456 g/mol. The van der Waals surface area contributed by atoms with Crippen LogP contribution >= 0.6 is 12.2 Å². The normalized spacial score (nSPS) is 15.3. The van der Waals surface area contributed by atoms with Gasteiger partial charge in [-0.3, -0.25) is 4.79 Å². The molecule has 1 atom stereocenters. The number of carbonyl (C=O) groups is 2. The van der Waals surface area contributed by atoms with Crippen molar-refractivity contribution in [3.63, 3.8) is 0 Å². The van der Waals surface area contributed by atoms with Crippen LogP contribution in [0.5, 0.6) is 11.5 Å². The second kappa shape index (κ2) is 10.6. The second-order valence-electron chi connectivity index (χ2n) is 6.89. The summed E-state index contributed by atoms with van der Waals surface area (Å²) >= 11 is 5.32. The van der Waals surface area contributed by atoms with Crippen LogP contribution in [0.3, 0.4) is 0 Å². The molecule has 0 saturated carbocycles. The molecule has 3 rings (SSSR count). The first-order valence-corrected chi connectivity index (χ1v) is 10.4. The Hall–Kier alpha value is -3.59. The van der Waals surface area contributed by atoms with Gasteiger partial charge in [0.2, 0.25) is 0 Å². The fourth-order valence-electron chi connectivity index (χ4n) is 3.29. The summed E-state index contributed by atoms with van der Waals surface area (Å²) in [5.74, 6) is 0.0700. The van der Waals surface area contributed by atoms with E-state index in [1.54, 1.807) is 32.0 Å². The fraction of sp³-hybridized carbons (Fsp3) is 0.261. The Morgan fingerprint density at radius 3 is 2.56 bits per heavy atom. The SMILES string of the molecule is CCOC(=O)COc1ccc([C@@H]2NC(=S)NC(C)=C2C(=O)Nc2ccccc2)cc1OC. The Balaban J connectivity index is 1.87. The number of methoxy groups -OCH3 is 1.